The number of anilines is 1. The number of ether oxygens (including phenoxy) is 1. The fourth-order valence-electron chi connectivity index (χ4n) is 2.64. The number of methoxy groups -OCH3 is 1. The molecule has 0 saturated heterocycles. The average Bonchev–Trinajstić information content (AvgIpc) is 2.60. The quantitative estimate of drug-likeness (QED) is 0.821. The first kappa shape index (κ1) is 18.6. The molecule has 5 heteroatoms. The van der Waals surface area contributed by atoms with E-state index in [1.807, 2.05) is 12.1 Å². The molecule has 132 valence electrons. The number of carbonyl (C=O) groups excluding carboxylic acids is 2. The van der Waals surface area contributed by atoms with Gasteiger partial charge in [-0.2, -0.15) is 0 Å². The van der Waals surface area contributed by atoms with Gasteiger partial charge in [0.05, 0.1) is 12.7 Å². The van der Waals surface area contributed by atoms with Crippen LogP contribution in [0.4, 0.5) is 5.69 Å². The molecule has 0 spiro atoms. The Labute approximate surface area is 148 Å². The van der Waals surface area contributed by atoms with Gasteiger partial charge in [0, 0.05) is 11.9 Å². The normalized spacial score (nSPS) is 10.8. The van der Waals surface area contributed by atoms with Crippen LogP contribution >= 0.6 is 0 Å². The van der Waals surface area contributed by atoms with Crippen molar-refractivity contribution in [2.45, 2.75) is 39.5 Å². The molecule has 2 aromatic rings. The Morgan fingerprint density at radius 2 is 1.68 bits per heavy atom. The zero-order valence-electron chi connectivity index (χ0n) is 15.3. The molecule has 5 nitrogen and oxygen atoms in total. The first-order chi connectivity index (χ1) is 11.8. The Morgan fingerprint density at radius 1 is 1.00 bits per heavy atom. The lowest BCUT2D eigenvalue weighted by Gasteiger charge is -2.17. The van der Waals surface area contributed by atoms with E-state index in [0.29, 0.717) is 17.4 Å². The van der Waals surface area contributed by atoms with Gasteiger partial charge in [-0.25, -0.2) is 9.78 Å². The fraction of sp³-hybridized carbons (Fsp3) is 0.350. The third-order valence-corrected chi connectivity index (χ3v) is 4.01. The van der Waals surface area contributed by atoms with Crippen molar-refractivity contribution in [3.05, 3.63) is 58.9 Å². The van der Waals surface area contributed by atoms with Crippen LogP contribution in [0.1, 0.15) is 71.5 Å². The number of esters is 1. The molecule has 0 saturated carbocycles. The predicted molar refractivity (Wildman–Crippen MR) is 98.1 cm³/mol. The number of hydrogen-bond acceptors (Lipinski definition) is 4. The van der Waals surface area contributed by atoms with E-state index in [1.54, 1.807) is 6.07 Å². The molecule has 1 heterocycles. The second kappa shape index (κ2) is 7.92. The molecule has 25 heavy (non-hydrogen) atoms. The van der Waals surface area contributed by atoms with Crippen molar-refractivity contribution < 1.29 is 14.3 Å². The summed E-state index contributed by atoms with van der Waals surface area (Å²) >= 11 is 0. The van der Waals surface area contributed by atoms with Crippen LogP contribution in [-0.4, -0.2) is 24.0 Å². The van der Waals surface area contributed by atoms with Crippen molar-refractivity contribution in [1.82, 2.24) is 4.98 Å². The van der Waals surface area contributed by atoms with Crippen LogP contribution in [0, 0.1) is 0 Å². The van der Waals surface area contributed by atoms with E-state index in [0.717, 1.165) is 5.69 Å². The molecular weight excluding hydrogens is 316 g/mol. The molecule has 2 rings (SSSR count). The molecule has 1 N–H and O–H groups in total. The summed E-state index contributed by atoms with van der Waals surface area (Å²) in [6.45, 7) is 8.60. The smallest absolute Gasteiger partial charge is 0.356 e. The lowest BCUT2D eigenvalue weighted by molar-refractivity contribution is 0.0593. The van der Waals surface area contributed by atoms with Crippen LogP contribution in [0.3, 0.4) is 0 Å². The van der Waals surface area contributed by atoms with E-state index in [-0.39, 0.29) is 11.6 Å². The molecule has 0 unspecified atom stereocenters. The minimum absolute atomic E-state index is 0.169. The Kier molecular flexibility index (Phi) is 5.91. The number of carbonyl (C=O) groups is 2. The average molecular weight is 340 g/mol. The lowest BCUT2D eigenvalue weighted by Crippen LogP contribution is -2.14. The molecule has 1 aromatic carbocycles. The minimum atomic E-state index is -0.530. The molecule has 0 atom stereocenters. The van der Waals surface area contributed by atoms with E-state index in [9.17, 15) is 9.59 Å². The highest BCUT2D eigenvalue weighted by Gasteiger charge is 2.14. The molecule has 0 aliphatic rings. The number of nitrogens with zero attached hydrogens (tertiary/aromatic N) is 1. The van der Waals surface area contributed by atoms with Gasteiger partial charge in [0.15, 0.2) is 0 Å². The Balaban J connectivity index is 2.20. The Morgan fingerprint density at radius 3 is 2.20 bits per heavy atom. The third-order valence-electron chi connectivity index (χ3n) is 4.01. The maximum Gasteiger partial charge on any atom is 0.356 e. The van der Waals surface area contributed by atoms with Gasteiger partial charge in [-0.3, -0.25) is 4.79 Å². The number of aromatic nitrogens is 1. The standard InChI is InChI=1S/C20H24N2O3/c1-12(2)16-8-7-15(10-17(16)13(3)4)22-19(23)14-6-9-18(21-11-14)20(24)25-5/h6-13H,1-5H3,(H,22,23). The van der Waals surface area contributed by atoms with Crippen molar-refractivity contribution in [1.29, 1.82) is 0 Å². The van der Waals surface area contributed by atoms with Gasteiger partial charge in [-0.1, -0.05) is 33.8 Å². The molecule has 0 bridgehead atoms. The van der Waals surface area contributed by atoms with Crippen LogP contribution in [0.15, 0.2) is 36.5 Å². The van der Waals surface area contributed by atoms with Crippen LogP contribution in [0.25, 0.3) is 0 Å². The Bertz CT molecular complexity index is 765. The minimum Gasteiger partial charge on any atom is -0.464 e. The summed E-state index contributed by atoms with van der Waals surface area (Å²) in [5, 5.41) is 2.89. The summed E-state index contributed by atoms with van der Waals surface area (Å²) in [7, 11) is 1.29. The molecular formula is C20H24N2O3. The van der Waals surface area contributed by atoms with Gasteiger partial charge >= 0.3 is 5.97 Å². The van der Waals surface area contributed by atoms with Crippen molar-refractivity contribution in [2.24, 2.45) is 0 Å². The monoisotopic (exact) mass is 340 g/mol. The predicted octanol–water partition coefficient (Wildman–Crippen LogP) is 4.37. The highest BCUT2D eigenvalue weighted by atomic mass is 16.5. The van der Waals surface area contributed by atoms with Crippen LogP contribution in [0.5, 0.6) is 0 Å². The first-order valence-electron chi connectivity index (χ1n) is 8.33. The largest absolute Gasteiger partial charge is 0.464 e. The number of benzene rings is 1. The SMILES string of the molecule is COC(=O)c1ccc(C(=O)Nc2ccc(C(C)C)c(C(C)C)c2)cn1. The lowest BCUT2D eigenvalue weighted by atomic mass is 9.90. The fourth-order valence-corrected chi connectivity index (χ4v) is 2.64. The summed E-state index contributed by atoms with van der Waals surface area (Å²) in [5.41, 5.74) is 3.81. The van der Waals surface area contributed by atoms with Gasteiger partial charge < -0.3 is 10.1 Å². The second-order valence-electron chi connectivity index (χ2n) is 6.53. The van der Waals surface area contributed by atoms with E-state index in [4.69, 9.17) is 0 Å². The second-order valence-corrected chi connectivity index (χ2v) is 6.53. The number of rotatable bonds is 5. The highest BCUT2D eigenvalue weighted by molar-refractivity contribution is 6.04. The molecule has 0 aliphatic carbocycles. The van der Waals surface area contributed by atoms with E-state index >= 15 is 0 Å². The highest BCUT2D eigenvalue weighted by Crippen LogP contribution is 2.29. The topological polar surface area (TPSA) is 68.3 Å². The van der Waals surface area contributed by atoms with E-state index in [1.165, 1.54) is 30.5 Å². The molecule has 0 aliphatic heterocycles. The van der Waals surface area contributed by atoms with Crippen LogP contribution in [0.2, 0.25) is 0 Å². The van der Waals surface area contributed by atoms with E-state index < -0.39 is 5.97 Å². The van der Waals surface area contributed by atoms with Gasteiger partial charge in [0.1, 0.15) is 5.69 Å². The van der Waals surface area contributed by atoms with Crippen molar-refractivity contribution in [3.8, 4) is 0 Å². The molecule has 1 amide bonds. The summed E-state index contributed by atoms with van der Waals surface area (Å²) in [6.07, 6.45) is 1.37. The van der Waals surface area contributed by atoms with Gasteiger partial charge in [0.2, 0.25) is 0 Å². The third kappa shape index (κ3) is 4.44. The summed E-state index contributed by atoms with van der Waals surface area (Å²) < 4.78 is 4.60. The summed E-state index contributed by atoms with van der Waals surface area (Å²) in [5.74, 6) is 0.00111. The molecule has 0 fully saturated rings. The van der Waals surface area contributed by atoms with Gasteiger partial charge in [-0.05, 0) is 47.2 Å². The maximum absolute atomic E-state index is 12.4. The molecule has 1 aromatic heterocycles. The van der Waals surface area contributed by atoms with Crippen LogP contribution in [-0.2, 0) is 4.74 Å². The summed E-state index contributed by atoms with van der Waals surface area (Å²) in [6, 6.07) is 9.03. The van der Waals surface area contributed by atoms with Crippen molar-refractivity contribution >= 4 is 17.6 Å². The number of amides is 1. The zero-order chi connectivity index (χ0) is 18.6. The zero-order valence-corrected chi connectivity index (χ0v) is 15.3. The number of nitrogens with one attached hydrogen (secondary N) is 1. The maximum atomic E-state index is 12.4. The van der Waals surface area contributed by atoms with Crippen molar-refractivity contribution in [2.75, 3.05) is 12.4 Å². The van der Waals surface area contributed by atoms with Gasteiger partial charge in [-0.15, -0.1) is 0 Å². The van der Waals surface area contributed by atoms with E-state index in [2.05, 4.69) is 48.8 Å². The number of pyridine rings is 1. The summed E-state index contributed by atoms with van der Waals surface area (Å²) in [4.78, 5) is 27.7. The van der Waals surface area contributed by atoms with Crippen LogP contribution < -0.4 is 5.32 Å². The first-order valence-corrected chi connectivity index (χ1v) is 8.33. The van der Waals surface area contributed by atoms with Crippen molar-refractivity contribution in [3.63, 3.8) is 0 Å². The number of hydrogen-bond donors (Lipinski definition) is 1. The molecule has 0 radical (unpaired) electrons. The van der Waals surface area contributed by atoms with Gasteiger partial charge in [0.25, 0.3) is 5.91 Å². The Hall–Kier alpha value is -2.69.